The first-order chi connectivity index (χ1) is 16.7. The third kappa shape index (κ3) is 8.83. The zero-order valence-electron chi connectivity index (χ0n) is 23.6. The molecule has 0 saturated carbocycles. The van der Waals surface area contributed by atoms with E-state index in [0.717, 1.165) is 0 Å². The van der Waals surface area contributed by atoms with E-state index in [0.29, 0.717) is 0 Å². The van der Waals surface area contributed by atoms with Gasteiger partial charge in [-0.2, -0.15) is 4.58 Å². The van der Waals surface area contributed by atoms with Crippen molar-refractivity contribution < 1.29 is 4.58 Å². The Morgan fingerprint density at radius 1 is 0.559 bits per heavy atom. The Bertz CT molecular complexity index is 688. The summed E-state index contributed by atoms with van der Waals surface area (Å²) < 4.78 is 2.73. The third-order valence-corrected chi connectivity index (χ3v) is 8.46. The molecule has 0 spiro atoms. The van der Waals surface area contributed by atoms with Crippen molar-refractivity contribution >= 4 is 11.4 Å². The highest BCUT2D eigenvalue weighted by molar-refractivity contribution is 5.94. The molecule has 0 bridgehead atoms. The van der Waals surface area contributed by atoms with Crippen molar-refractivity contribution in [1.82, 2.24) is 0 Å². The summed E-state index contributed by atoms with van der Waals surface area (Å²) in [5.41, 5.74) is 5.14. The topological polar surface area (TPSA) is 3.01 Å². The van der Waals surface area contributed by atoms with Gasteiger partial charge in [-0.05, 0) is 19.3 Å². The lowest BCUT2D eigenvalue weighted by molar-refractivity contribution is -0.439. The fourth-order valence-corrected chi connectivity index (χ4v) is 6.26. The minimum atomic E-state index is 0.286. The Balaban J connectivity index is 2.08. The summed E-state index contributed by atoms with van der Waals surface area (Å²) in [6, 6.07) is 9.46. The average Bonchev–Trinajstić information content (AvgIpc) is 3.08. The fourth-order valence-electron chi connectivity index (χ4n) is 6.26. The van der Waals surface area contributed by atoms with Crippen LogP contribution in [-0.2, 0) is 5.41 Å². The van der Waals surface area contributed by atoms with E-state index in [1.807, 2.05) is 0 Å². The zero-order valence-corrected chi connectivity index (χ0v) is 23.6. The third-order valence-electron chi connectivity index (χ3n) is 8.46. The molecule has 1 aromatic rings. The van der Waals surface area contributed by atoms with Gasteiger partial charge in [0.15, 0.2) is 5.71 Å². The number of rotatable bonds is 21. The van der Waals surface area contributed by atoms with E-state index in [-0.39, 0.29) is 5.41 Å². The second-order valence-electron chi connectivity index (χ2n) is 11.1. The second kappa shape index (κ2) is 17.3. The molecule has 1 heteroatoms. The molecule has 194 valence electrons. The molecule has 1 aliphatic heterocycles. The van der Waals surface area contributed by atoms with Crippen LogP contribution in [0.15, 0.2) is 24.3 Å². The first kappa shape index (κ1) is 29.1. The van der Waals surface area contributed by atoms with Gasteiger partial charge >= 0.3 is 0 Å². The molecule has 1 nitrogen and oxygen atoms in total. The van der Waals surface area contributed by atoms with Crippen LogP contribution in [0.5, 0.6) is 0 Å². The summed E-state index contributed by atoms with van der Waals surface area (Å²) in [4.78, 5) is 0. The summed E-state index contributed by atoms with van der Waals surface area (Å²) in [6.45, 7) is 10.6. The number of hydrogen-bond acceptors (Lipinski definition) is 0. The van der Waals surface area contributed by atoms with Crippen molar-refractivity contribution in [3.8, 4) is 0 Å². The van der Waals surface area contributed by atoms with Crippen LogP contribution in [0, 0.1) is 0 Å². The molecule has 2 rings (SSSR count). The molecule has 0 amide bonds. The van der Waals surface area contributed by atoms with Gasteiger partial charge in [-0.1, -0.05) is 142 Å². The number of nitrogens with zero attached hydrogens (tertiary/aromatic N) is 1. The number of benzene rings is 1. The number of fused-ring (bicyclic) bond motifs is 1. The van der Waals surface area contributed by atoms with Crippen LogP contribution in [0.3, 0.4) is 0 Å². The highest BCUT2D eigenvalue weighted by atomic mass is 15.1. The lowest BCUT2D eigenvalue weighted by Gasteiger charge is -2.28. The minimum absolute atomic E-state index is 0.286. The van der Waals surface area contributed by atoms with Crippen molar-refractivity contribution in [3.05, 3.63) is 29.8 Å². The summed E-state index contributed by atoms with van der Waals surface area (Å²) in [7, 11) is 0. The Morgan fingerprint density at radius 2 is 1.00 bits per heavy atom. The SMILES string of the molecule is CCCCCCCCCCC1(CCCCCCCC)C(C)=[N+](CCCCCC)c2ccccc21. The van der Waals surface area contributed by atoms with Crippen LogP contribution in [0.4, 0.5) is 5.69 Å². The van der Waals surface area contributed by atoms with Crippen molar-refractivity contribution in [3.63, 3.8) is 0 Å². The molecule has 1 aliphatic rings. The molecule has 0 aromatic heterocycles. The first-order valence-corrected chi connectivity index (χ1v) is 15.4. The molecular formula is C33H58N+. The standard InChI is InChI=1S/C33H58N/c1-5-8-11-14-16-17-19-23-28-33(27-22-18-15-12-9-6-2)30(4)34(29-24-13-10-7-3)32-26-21-20-25-31(32)33/h20-21,25-26H,5-19,22-24,27-29H2,1-4H3/q+1. The van der Waals surface area contributed by atoms with Crippen molar-refractivity contribution in [2.75, 3.05) is 6.54 Å². The molecule has 1 atom stereocenters. The Morgan fingerprint density at radius 3 is 1.53 bits per heavy atom. The van der Waals surface area contributed by atoms with Crippen molar-refractivity contribution in [1.29, 1.82) is 0 Å². The maximum atomic E-state index is 2.73. The molecule has 1 unspecified atom stereocenters. The number of para-hydroxylation sites is 1. The van der Waals surface area contributed by atoms with Crippen LogP contribution in [-0.4, -0.2) is 16.8 Å². The second-order valence-corrected chi connectivity index (χ2v) is 11.1. The Hall–Kier alpha value is -1.11. The predicted molar refractivity (Wildman–Crippen MR) is 153 cm³/mol. The lowest BCUT2D eigenvalue weighted by Crippen LogP contribution is -2.34. The highest BCUT2D eigenvalue weighted by Gasteiger charge is 2.48. The largest absolute Gasteiger partial charge is 0.209 e. The smallest absolute Gasteiger partial charge is 0.199 e. The first-order valence-electron chi connectivity index (χ1n) is 15.4. The van der Waals surface area contributed by atoms with Crippen LogP contribution < -0.4 is 0 Å². The van der Waals surface area contributed by atoms with Crippen LogP contribution in [0.25, 0.3) is 0 Å². The molecular weight excluding hydrogens is 410 g/mol. The van der Waals surface area contributed by atoms with Crippen molar-refractivity contribution in [2.45, 2.75) is 162 Å². The average molecular weight is 469 g/mol. The molecule has 0 saturated heterocycles. The summed E-state index contributed by atoms with van der Waals surface area (Å²) in [6.07, 6.45) is 27.8. The summed E-state index contributed by atoms with van der Waals surface area (Å²) >= 11 is 0. The van der Waals surface area contributed by atoms with Gasteiger partial charge in [-0.3, -0.25) is 0 Å². The van der Waals surface area contributed by atoms with E-state index in [1.54, 1.807) is 11.3 Å². The normalized spacial score (nSPS) is 17.5. The van der Waals surface area contributed by atoms with Gasteiger partial charge in [0.2, 0.25) is 5.69 Å². The van der Waals surface area contributed by atoms with Crippen LogP contribution >= 0.6 is 0 Å². The van der Waals surface area contributed by atoms with Crippen LogP contribution in [0.2, 0.25) is 0 Å². The lowest BCUT2D eigenvalue weighted by atomic mass is 9.70. The van der Waals surface area contributed by atoms with Gasteiger partial charge < -0.3 is 0 Å². The molecule has 0 fully saturated rings. The molecule has 0 radical (unpaired) electrons. The van der Waals surface area contributed by atoms with Gasteiger partial charge in [-0.15, -0.1) is 0 Å². The Kier molecular flexibility index (Phi) is 14.9. The van der Waals surface area contributed by atoms with E-state index < -0.39 is 0 Å². The van der Waals surface area contributed by atoms with E-state index in [2.05, 4.69) is 56.5 Å². The molecule has 1 heterocycles. The maximum absolute atomic E-state index is 2.73. The van der Waals surface area contributed by atoms with E-state index in [9.17, 15) is 0 Å². The van der Waals surface area contributed by atoms with E-state index in [4.69, 9.17) is 0 Å². The Labute approximate surface area is 213 Å². The highest BCUT2D eigenvalue weighted by Crippen LogP contribution is 2.46. The fraction of sp³-hybridized carbons (Fsp3) is 0.788. The monoisotopic (exact) mass is 468 g/mol. The van der Waals surface area contributed by atoms with Gasteiger partial charge in [0, 0.05) is 25.0 Å². The van der Waals surface area contributed by atoms with Gasteiger partial charge in [0.1, 0.15) is 6.54 Å². The molecule has 0 N–H and O–H groups in total. The van der Waals surface area contributed by atoms with Gasteiger partial charge in [0.25, 0.3) is 0 Å². The molecule has 1 aromatic carbocycles. The molecule has 34 heavy (non-hydrogen) atoms. The maximum Gasteiger partial charge on any atom is 0.209 e. The number of unbranched alkanes of at least 4 members (excludes halogenated alkanes) is 15. The summed E-state index contributed by atoms with van der Waals surface area (Å²) in [5.74, 6) is 0. The van der Waals surface area contributed by atoms with E-state index >= 15 is 0 Å². The van der Waals surface area contributed by atoms with Crippen molar-refractivity contribution in [2.24, 2.45) is 0 Å². The number of hydrogen-bond donors (Lipinski definition) is 0. The molecule has 0 aliphatic carbocycles. The van der Waals surface area contributed by atoms with Crippen LogP contribution in [0.1, 0.15) is 162 Å². The minimum Gasteiger partial charge on any atom is -0.199 e. The van der Waals surface area contributed by atoms with Gasteiger partial charge in [-0.25, -0.2) is 0 Å². The predicted octanol–water partition coefficient (Wildman–Crippen LogP) is 10.9. The summed E-state index contributed by atoms with van der Waals surface area (Å²) in [5, 5.41) is 0. The quantitative estimate of drug-likeness (QED) is 0.125. The zero-order chi connectivity index (χ0) is 24.5. The van der Waals surface area contributed by atoms with Gasteiger partial charge in [0.05, 0.1) is 5.41 Å². The van der Waals surface area contributed by atoms with E-state index in [1.165, 1.54) is 141 Å².